The minimum Gasteiger partial charge on any atom is -0.375 e. The van der Waals surface area contributed by atoms with Gasteiger partial charge >= 0.3 is 0 Å². The van der Waals surface area contributed by atoms with Crippen LogP contribution in [0.5, 0.6) is 0 Å². The summed E-state index contributed by atoms with van der Waals surface area (Å²) in [5, 5.41) is 3.52. The van der Waals surface area contributed by atoms with Crippen LogP contribution in [0.4, 0.5) is 24.0 Å². The van der Waals surface area contributed by atoms with Crippen LogP contribution in [0.1, 0.15) is 18.7 Å². The molecule has 2 rings (SSSR count). The van der Waals surface area contributed by atoms with Gasteiger partial charge in [0.15, 0.2) is 16.8 Å². The molecule has 3 nitrogen and oxygen atoms in total. The van der Waals surface area contributed by atoms with E-state index in [9.17, 15) is 13.2 Å². The third-order valence-corrected chi connectivity index (χ3v) is 4.08. The van der Waals surface area contributed by atoms with E-state index in [0.29, 0.717) is 12.1 Å². The van der Waals surface area contributed by atoms with E-state index < -0.39 is 17.5 Å². The first-order valence-electron chi connectivity index (χ1n) is 6.63. The highest BCUT2D eigenvalue weighted by Crippen LogP contribution is 2.25. The van der Waals surface area contributed by atoms with Gasteiger partial charge in [0.2, 0.25) is 0 Å². The summed E-state index contributed by atoms with van der Waals surface area (Å²) in [6.07, 6.45) is 1.67. The zero-order chi connectivity index (χ0) is 15.4. The minimum atomic E-state index is -0.944. The van der Waals surface area contributed by atoms with Gasteiger partial charge in [-0.05, 0) is 13.8 Å². The van der Waals surface area contributed by atoms with Crippen molar-refractivity contribution in [3.8, 4) is 0 Å². The smallest absolute Gasteiger partial charge is 0.185 e. The normalized spacial score (nSPS) is 10.7. The van der Waals surface area contributed by atoms with Gasteiger partial charge in [-0.25, -0.2) is 18.2 Å². The molecular formula is C14H16F3N3S. The highest BCUT2D eigenvalue weighted by atomic mass is 32.1. The Morgan fingerprint density at radius 1 is 1.14 bits per heavy atom. The van der Waals surface area contributed by atoms with Gasteiger partial charge in [-0.2, -0.15) is 0 Å². The first kappa shape index (κ1) is 15.6. The maximum Gasteiger partial charge on any atom is 0.185 e. The molecule has 0 atom stereocenters. The van der Waals surface area contributed by atoms with Crippen molar-refractivity contribution in [1.29, 1.82) is 0 Å². The SMILES string of the molecule is CCN(CC)c1ncc(CNc2c(F)cc(F)cc2F)s1. The standard InChI is InChI=1S/C14H16F3N3S/c1-3-20(4-2)14-19-8-10(21-14)7-18-13-11(16)5-9(15)6-12(13)17/h5-6,8,18H,3-4,7H2,1-2H3. The molecule has 0 bridgehead atoms. The van der Waals surface area contributed by atoms with Crippen LogP contribution in [0.3, 0.4) is 0 Å². The highest BCUT2D eigenvalue weighted by Gasteiger charge is 2.12. The molecule has 0 saturated heterocycles. The quantitative estimate of drug-likeness (QED) is 0.873. The Hall–Kier alpha value is -1.76. The van der Waals surface area contributed by atoms with Crippen LogP contribution in [0.2, 0.25) is 0 Å². The molecule has 0 radical (unpaired) electrons. The van der Waals surface area contributed by atoms with Crippen LogP contribution in [0, 0.1) is 17.5 Å². The van der Waals surface area contributed by atoms with E-state index >= 15 is 0 Å². The first-order chi connectivity index (χ1) is 10.0. The molecule has 0 aliphatic carbocycles. The summed E-state index contributed by atoms with van der Waals surface area (Å²) >= 11 is 1.46. The van der Waals surface area contributed by atoms with Crippen molar-refractivity contribution in [2.75, 3.05) is 23.3 Å². The van der Waals surface area contributed by atoms with E-state index in [1.165, 1.54) is 11.3 Å². The maximum atomic E-state index is 13.5. The van der Waals surface area contributed by atoms with E-state index in [1.54, 1.807) is 6.20 Å². The summed E-state index contributed by atoms with van der Waals surface area (Å²) in [6, 6.07) is 1.30. The molecule has 0 spiro atoms. The van der Waals surface area contributed by atoms with E-state index in [-0.39, 0.29) is 12.2 Å². The molecule has 2 aromatic rings. The zero-order valence-electron chi connectivity index (χ0n) is 11.8. The van der Waals surface area contributed by atoms with Crippen molar-refractivity contribution < 1.29 is 13.2 Å². The van der Waals surface area contributed by atoms with Crippen molar-refractivity contribution in [2.24, 2.45) is 0 Å². The van der Waals surface area contributed by atoms with Crippen LogP contribution < -0.4 is 10.2 Å². The van der Waals surface area contributed by atoms with Gasteiger partial charge in [-0.1, -0.05) is 0 Å². The number of anilines is 2. The van der Waals surface area contributed by atoms with Crippen LogP contribution in [-0.2, 0) is 6.54 Å². The molecule has 21 heavy (non-hydrogen) atoms. The summed E-state index contributed by atoms with van der Waals surface area (Å²) < 4.78 is 39.8. The number of rotatable bonds is 6. The van der Waals surface area contributed by atoms with Crippen LogP contribution in [0.15, 0.2) is 18.3 Å². The molecule has 0 aliphatic rings. The lowest BCUT2D eigenvalue weighted by Crippen LogP contribution is -2.21. The Morgan fingerprint density at radius 2 is 1.76 bits per heavy atom. The van der Waals surface area contributed by atoms with Crippen molar-refractivity contribution in [3.63, 3.8) is 0 Å². The Morgan fingerprint density at radius 3 is 2.33 bits per heavy atom. The Bertz CT molecular complexity index is 588. The lowest BCUT2D eigenvalue weighted by molar-refractivity contribution is 0.547. The van der Waals surface area contributed by atoms with Gasteiger partial charge in [0.05, 0.1) is 6.54 Å². The average molecular weight is 315 g/mol. The molecule has 0 aliphatic heterocycles. The number of thiazole rings is 1. The fraction of sp³-hybridized carbons (Fsp3) is 0.357. The molecular weight excluding hydrogens is 299 g/mol. The summed E-state index contributed by atoms with van der Waals surface area (Å²) in [7, 11) is 0. The number of nitrogens with zero attached hydrogens (tertiary/aromatic N) is 2. The molecule has 0 unspecified atom stereocenters. The zero-order valence-corrected chi connectivity index (χ0v) is 12.6. The number of nitrogens with one attached hydrogen (secondary N) is 1. The van der Waals surface area contributed by atoms with Gasteiger partial charge in [-0.15, -0.1) is 11.3 Å². The second kappa shape index (κ2) is 6.80. The largest absolute Gasteiger partial charge is 0.375 e. The summed E-state index contributed by atoms with van der Waals surface area (Å²) in [5.41, 5.74) is -0.325. The Balaban J connectivity index is 2.07. The molecule has 0 saturated carbocycles. The van der Waals surface area contributed by atoms with Crippen LogP contribution >= 0.6 is 11.3 Å². The van der Waals surface area contributed by atoms with Crippen molar-refractivity contribution in [3.05, 3.63) is 40.7 Å². The second-order valence-corrected chi connectivity index (χ2v) is 5.47. The van der Waals surface area contributed by atoms with Crippen molar-refractivity contribution >= 4 is 22.2 Å². The minimum absolute atomic E-state index is 0.235. The van der Waals surface area contributed by atoms with Gasteiger partial charge in [0.25, 0.3) is 0 Å². The molecule has 0 fully saturated rings. The number of aromatic nitrogens is 1. The van der Waals surface area contributed by atoms with E-state index in [2.05, 4.69) is 15.2 Å². The maximum absolute atomic E-state index is 13.5. The third kappa shape index (κ3) is 3.66. The lowest BCUT2D eigenvalue weighted by atomic mass is 10.2. The van der Waals surface area contributed by atoms with Crippen molar-refractivity contribution in [2.45, 2.75) is 20.4 Å². The van der Waals surface area contributed by atoms with Crippen LogP contribution in [-0.4, -0.2) is 18.1 Å². The number of hydrogen-bond donors (Lipinski definition) is 1. The van der Waals surface area contributed by atoms with Gasteiger partial charge in [-0.3, -0.25) is 0 Å². The summed E-state index contributed by atoms with van der Waals surface area (Å²) in [4.78, 5) is 7.22. The number of halogens is 3. The molecule has 114 valence electrons. The third-order valence-electron chi connectivity index (χ3n) is 3.02. The fourth-order valence-corrected chi connectivity index (χ4v) is 2.88. The number of benzene rings is 1. The number of hydrogen-bond acceptors (Lipinski definition) is 4. The molecule has 1 aromatic carbocycles. The topological polar surface area (TPSA) is 28.2 Å². The second-order valence-electron chi connectivity index (χ2n) is 4.38. The van der Waals surface area contributed by atoms with E-state index in [1.807, 2.05) is 13.8 Å². The average Bonchev–Trinajstić information content (AvgIpc) is 2.87. The predicted octanol–water partition coefficient (Wildman–Crippen LogP) is 4.02. The molecule has 1 heterocycles. The van der Waals surface area contributed by atoms with Crippen LogP contribution in [0.25, 0.3) is 0 Å². The fourth-order valence-electron chi connectivity index (χ4n) is 1.91. The van der Waals surface area contributed by atoms with Gasteiger partial charge in [0, 0.05) is 36.3 Å². The van der Waals surface area contributed by atoms with E-state index in [0.717, 1.165) is 23.1 Å². The molecule has 0 amide bonds. The van der Waals surface area contributed by atoms with Gasteiger partial charge in [0.1, 0.15) is 11.5 Å². The van der Waals surface area contributed by atoms with Crippen molar-refractivity contribution in [1.82, 2.24) is 4.98 Å². The lowest BCUT2D eigenvalue weighted by Gasteiger charge is -2.16. The molecule has 1 aromatic heterocycles. The highest BCUT2D eigenvalue weighted by molar-refractivity contribution is 7.15. The molecule has 1 N–H and O–H groups in total. The van der Waals surface area contributed by atoms with E-state index in [4.69, 9.17) is 0 Å². The monoisotopic (exact) mass is 315 g/mol. The Kier molecular flexibility index (Phi) is 5.06. The summed E-state index contributed by atoms with van der Waals surface area (Å²) in [6.45, 7) is 5.99. The Labute approximate surface area is 125 Å². The molecule has 7 heteroatoms. The first-order valence-corrected chi connectivity index (χ1v) is 7.44. The predicted molar refractivity (Wildman–Crippen MR) is 79.3 cm³/mol. The summed E-state index contributed by atoms with van der Waals surface area (Å²) in [5.74, 6) is -2.82. The van der Waals surface area contributed by atoms with Gasteiger partial charge < -0.3 is 10.2 Å².